The summed E-state index contributed by atoms with van der Waals surface area (Å²) in [6, 6.07) is -0.337. The van der Waals surface area contributed by atoms with E-state index in [1.54, 1.807) is 0 Å². The van der Waals surface area contributed by atoms with Crippen molar-refractivity contribution in [2.45, 2.75) is 19.4 Å². The lowest BCUT2D eigenvalue weighted by Crippen LogP contribution is -2.29. The lowest BCUT2D eigenvalue weighted by molar-refractivity contribution is -0.139. The van der Waals surface area contributed by atoms with Crippen molar-refractivity contribution in [2.24, 2.45) is 5.92 Å². The van der Waals surface area contributed by atoms with Crippen LogP contribution in [0.4, 0.5) is 0 Å². The average molecular weight is 155 g/mol. The molecule has 2 atom stereocenters. The molecule has 1 rings (SSSR count). The van der Waals surface area contributed by atoms with E-state index in [1.165, 1.54) is 0 Å². The van der Waals surface area contributed by atoms with Crippen molar-refractivity contribution >= 4 is 5.97 Å². The molecule has 1 heterocycles. The van der Waals surface area contributed by atoms with Crippen molar-refractivity contribution in [3.8, 4) is 0 Å². The molecule has 1 fully saturated rings. The van der Waals surface area contributed by atoms with Crippen LogP contribution in [0.2, 0.25) is 0 Å². The molecule has 1 saturated heterocycles. The van der Waals surface area contributed by atoms with Crippen molar-refractivity contribution in [3.05, 3.63) is 12.2 Å². The van der Waals surface area contributed by atoms with Gasteiger partial charge in [-0.05, 0) is 19.3 Å². The number of nitrogens with one attached hydrogen (secondary N) is 1. The van der Waals surface area contributed by atoms with Crippen molar-refractivity contribution in [1.82, 2.24) is 5.32 Å². The summed E-state index contributed by atoms with van der Waals surface area (Å²) in [5.41, 5.74) is 0. The minimum absolute atomic E-state index is 0.337. The molecule has 3 heteroatoms. The molecule has 0 saturated carbocycles. The summed E-state index contributed by atoms with van der Waals surface area (Å²) in [6.07, 6.45) is 4.74. The van der Waals surface area contributed by atoms with Crippen molar-refractivity contribution in [2.75, 3.05) is 6.54 Å². The van der Waals surface area contributed by atoms with E-state index >= 15 is 0 Å². The van der Waals surface area contributed by atoms with Gasteiger partial charge in [-0.1, -0.05) is 12.2 Å². The zero-order chi connectivity index (χ0) is 8.27. The lowest BCUT2D eigenvalue weighted by atomic mass is 10.1. The van der Waals surface area contributed by atoms with Gasteiger partial charge in [-0.2, -0.15) is 0 Å². The molecule has 0 amide bonds. The fourth-order valence-corrected chi connectivity index (χ4v) is 1.37. The summed E-state index contributed by atoms with van der Waals surface area (Å²) in [6.45, 7) is 2.75. The van der Waals surface area contributed by atoms with Gasteiger partial charge >= 0.3 is 5.97 Å². The maximum Gasteiger partial charge on any atom is 0.320 e. The van der Waals surface area contributed by atoms with Crippen molar-refractivity contribution in [1.29, 1.82) is 0 Å². The van der Waals surface area contributed by atoms with Crippen molar-refractivity contribution < 1.29 is 9.90 Å². The van der Waals surface area contributed by atoms with Gasteiger partial charge in [0.15, 0.2) is 0 Å². The van der Waals surface area contributed by atoms with Gasteiger partial charge in [0, 0.05) is 6.54 Å². The van der Waals surface area contributed by atoms with E-state index in [2.05, 4.69) is 11.4 Å². The predicted molar refractivity (Wildman–Crippen MR) is 42.3 cm³/mol. The zero-order valence-electron chi connectivity index (χ0n) is 6.58. The van der Waals surface area contributed by atoms with E-state index in [9.17, 15) is 4.79 Å². The Morgan fingerprint density at radius 2 is 2.45 bits per heavy atom. The molecule has 11 heavy (non-hydrogen) atoms. The summed E-state index contributed by atoms with van der Waals surface area (Å²) in [4.78, 5) is 10.5. The number of carboxylic acids is 1. The summed E-state index contributed by atoms with van der Waals surface area (Å²) in [5, 5.41) is 11.6. The van der Waals surface area contributed by atoms with E-state index in [1.807, 2.05) is 13.0 Å². The number of allylic oxidation sites excluding steroid dienone is 1. The number of aliphatic carboxylic acids is 1. The first-order chi connectivity index (χ1) is 5.24. The van der Waals surface area contributed by atoms with Crippen molar-refractivity contribution in [3.63, 3.8) is 0 Å². The Morgan fingerprint density at radius 1 is 1.73 bits per heavy atom. The van der Waals surface area contributed by atoms with Crippen LogP contribution in [0.25, 0.3) is 0 Å². The quantitative estimate of drug-likeness (QED) is 0.575. The molecule has 0 aliphatic carbocycles. The average Bonchev–Trinajstić information content (AvgIpc) is 2.37. The maximum atomic E-state index is 10.5. The third kappa shape index (κ3) is 2.05. The molecule has 2 N–H and O–H groups in total. The number of hydrogen-bond donors (Lipinski definition) is 2. The van der Waals surface area contributed by atoms with Gasteiger partial charge in [-0.3, -0.25) is 4.79 Å². The normalized spacial score (nSPS) is 31.4. The van der Waals surface area contributed by atoms with Gasteiger partial charge < -0.3 is 10.4 Å². The molecule has 0 spiro atoms. The van der Waals surface area contributed by atoms with E-state index in [0.29, 0.717) is 5.92 Å². The summed E-state index contributed by atoms with van der Waals surface area (Å²) in [5.74, 6) is -0.335. The van der Waals surface area contributed by atoms with Gasteiger partial charge in [0.1, 0.15) is 6.04 Å². The molecule has 3 nitrogen and oxygen atoms in total. The second kappa shape index (κ2) is 3.53. The third-order valence-corrected chi connectivity index (χ3v) is 1.93. The van der Waals surface area contributed by atoms with Crippen LogP contribution >= 0.6 is 0 Å². The second-order valence-electron chi connectivity index (χ2n) is 2.82. The Balaban J connectivity index is 2.40. The predicted octanol–water partition coefficient (Wildman–Crippen LogP) is 0.625. The summed E-state index contributed by atoms with van der Waals surface area (Å²) < 4.78 is 0. The van der Waals surface area contributed by atoms with Crippen LogP contribution in [0, 0.1) is 5.92 Å². The second-order valence-corrected chi connectivity index (χ2v) is 2.82. The first-order valence-corrected chi connectivity index (χ1v) is 3.83. The Hall–Kier alpha value is -0.830. The maximum absolute atomic E-state index is 10.5. The number of hydrogen-bond acceptors (Lipinski definition) is 2. The highest BCUT2D eigenvalue weighted by Crippen LogP contribution is 2.14. The van der Waals surface area contributed by atoms with Gasteiger partial charge in [-0.15, -0.1) is 0 Å². The van der Waals surface area contributed by atoms with Gasteiger partial charge in [-0.25, -0.2) is 0 Å². The van der Waals surface area contributed by atoms with E-state index in [0.717, 1.165) is 13.0 Å². The minimum atomic E-state index is -0.739. The lowest BCUT2D eigenvalue weighted by Gasteiger charge is -2.00. The van der Waals surface area contributed by atoms with Crippen LogP contribution in [0.1, 0.15) is 13.3 Å². The Morgan fingerprint density at radius 3 is 2.91 bits per heavy atom. The highest BCUT2D eigenvalue weighted by molar-refractivity contribution is 5.73. The molecule has 0 aromatic carbocycles. The first kappa shape index (κ1) is 8.27. The minimum Gasteiger partial charge on any atom is -0.480 e. The Bertz CT molecular complexity index is 177. The number of carbonyl (C=O) groups is 1. The Labute approximate surface area is 66.1 Å². The highest BCUT2D eigenvalue weighted by atomic mass is 16.4. The highest BCUT2D eigenvalue weighted by Gasteiger charge is 2.26. The van der Waals surface area contributed by atoms with Crippen LogP contribution in [-0.2, 0) is 4.79 Å². The molecule has 0 bridgehead atoms. The molecule has 1 aliphatic heterocycles. The topological polar surface area (TPSA) is 49.3 Å². The summed E-state index contributed by atoms with van der Waals surface area (Å²) >= 11 is 0. The first-order valence-electron chi connectivity index (χ1n) is 3.83. The summed E-state index contributed by atoms with van der Waals surface area (Å²) in [7, 11) is 0. The molecule has 1 aliphatic rings. The fourth-order valence-electron chi connectivity index (χ4n) is 1.37. The van der Waals surface area contributed by atoms with E-state index < -0.39 is 5.97 Å². The van der Waals surface area contributed by atoms with Gasteiger partial charge in [0.2, 0.25) is 0 Å². The van der Waals surface area contributed by atoms with Gasteiger partial charge in [0.05, 0.1) is 0 Å². The fraction of sp³-hybridized carbons (Fsp3) is 0.625. The largest absolute Gasteiger partial charge is 0.480 e. The molecule has 0 aromatic heterocycles. The zero-order valence-corrected chi connectivity index (χ0v) is 6.58. The van der Waals surface area contributed by atoms with Crippen LogP contribution in [0.3, 0.4) is 0 Å². The van der Waals surface area contributed by atoms with Gasteiger partial charge in [0.25, 0.3) is 0 Å². The molecular formula is C8H13NO2. The standard InChI is InChI=1S/C8H13NO2/c1-2-3-6-4-7(8(10)11)9-5-6/h2-3,6-7,9H,4-5H2,1H3,(H,10,11)/t6?,7-/m0/s1. The van der Waals surface area contributed by atoms with E-state index in [4.69, 9.17) is 5.11 Å². The molecule has 0 radical (unpaired) electrons. The smallest absolute Gasteiger partial charge is 0.320 e. The van der Waals surface area contributed by atoms with Crippen LogP contribution in [0.15, 0.2) is 12.2 Å². The molecule has 1 unspecified atom stereocenters. The number of carboxylic acid groups (broad SMARTS) is 1. The van der Waals surface area contributed by atoms with Crippen LogP contribution in [0.5, 0.6) is 0 Å². The SMILES string of the molecule is CC=CC1CN[C@H](C(=O)O)C1. The third-order valence-electron chi connectivity index (χ3n) is 1.93. The molecule has 0 aromatic rings. The van der Waals surface area contributed by atoms with Crippen LogP contribution in [-0.4, -0.2) is 23.7 Å². The molecule has 62 valence electrons. The monoisotopic (exact) mass is 155 g/mol. The Kier molecular flexibility index (Phi) is 2.65. The van der Waals surface area contributed by atoms with Crippen LogP contribution < -0.4 is 5.32 Å². The number of rotatable bonds is 2. The molecular weight excluding hydrogens is 142 g/mol. The van der Waals surface area contributed by atoms with E-state index in [-0.39, 0.29) is 6.04 Å².